The van der Waals surface area contributed by atoms with Crippen LogP contribution in [0.4, 0.5) is 11.4 Å². The Morgan fingerprint density at radius 2 is 1.61 bits per heavy atom. The molecule has 0 aliphatic carbocycles. The highest BCUT2D eigenvalue weighted by molar-refractivity contribution is 7.92. The summed E-state index contributed by atoms with van der Waals surface area (Å²) >= 11 is 0. The van der Waals surface area contributed by atoms with Crippen LogP contribution >= 0.6 is 0 Å². The summed E-state index contributed by atoms with van der Waals surface area (Å²) in [4.78, 5) is 21.1. The maximum absolute atomic E-state index is 13.1. The van der Waals surface area contributed by atoms with Gasteiger partial charge in [-0.2, -0.15) is 0 Å². The van der Waals surface area contributed by atoms with Gasteiger partial charge in [-0.05, 0) is 67.1 Å². The summed E-state index contributed by atoms with van der Waals surface area (Å²) in [6.07, 6.45) is 3.87. The number of anilines is 2. The zero-order valence-corrected chi connectivity index (χ0v) is 19.2. The van der Waals surface area contributed by atoms with Crippen LogP contribution in [0.25, 0.3) is 0 Å². The van der Waals surface area contributed by atoms with Crippen molar-refractivity contribution in [3.8, 4) is 5.75 Å². The Bertz CT molecular complexity index is 1180. The summed E-state index contributed by atoms with van der Waals surface area (Å²) in [6, 6.07) is 17.1. The molecule has 1 N–H and O–H groups in total. The molecule has 2 aromatic carbocycles. The number of pyridine rings is 1. The molecule has 0 atom stereocenters. The zero-order chi connectivity index (χ0) is 23.3. The van der Waals surface area contributed by atoms with E-state index in [4.69, 9.17) is 4.74 Å². The third kappa shape index (κ3) is 5.43. The lowest BCUT2D eigenvalue weighted by Gasteiger charge is -2.24. The molecule has 1 fully saturated rings. The van der Waals surface area contributed by atoms with Gasteiger partial charge in [0.05, 0.1) is 17.7 Å². The first-order chi connectivity index (χ1) is 16.0. The highest BCUT2D eigenvalue weighted by Gasteiger charge is 2.22. The fourth-order valence-electron chi connectivity index (χ4n) is 3.77. The van der Waals surface area contributed by atoms with Crippen molar-refractivity contribution in [2.24, 2.45) is 0 Å². The number of sulfonamides is 1. The van der Waals surface area contributed by atoms with Gasteiger partial charge in [-0.1, -0.05) is 0 Å². The number of benzene rings is 2. The number of nitrogens with zero attached hydrogens (tertiary/aromatic N) is 3. The van der Waals surface area contributed by atoms with Crippen molar-refractivity contribution in [1.29, 1.82) is 0 Å². The molecule has 1 amide bonds. The van der Waals surface area contributed by atoms with Crippen molar-refractivity contribution < 1.29 is 17.9 Å². The molecule has 0 saturated carbocycles. The number of ether oxygens (including phenoxy) is 1. The van der Waals surface area contributed by atoms with Crippen molar-refractivity contribution in [1.82, 2.24) is 9.88 Å². The summed E-state index contributed by atoms with van der Waals surface area (Å²) in [7, 11) is -2.11. The fraction of sp³-hybridized carbons (Fsp3) is 0.250. The molecule has 172 valence electrons. The molecule has 4 rings (SSSR count). The molecule has 1 aromatic heterocycles. The topological polar surface area (TPSA) is 91.8 Å². The number of carbonyl (C=O) groups is 1. The lowest BCUT2D eigenvalue weighted by Crippen LogP contribution is -2.35. The first kappa shape index (κ1) is 22.6. The normalized spacial score (nSPS) is 14.5. The quantitative estimate of drug-likeness (QED) is 0.600. The van der Waals surface area contributed by atoms with Gasteiger partial charge < -0.3 is 14.5 Å². The molecule has 0 unspecified atom stereocenters. The van der Waals surface area contributed by atoms with Gasteiger partial charge in [-0.25, -0.2) is 8.42 Å². The Morgan fingerprint density at radius 3 is 2.27 bits per heavy atom. The Morgan fingerprint density at radius 1 is 0.909 bits per heavy atom. The van der Waals surface area contributed by atoms with Gasteiger partial charge in [0.15, 0.2) is 0 Å². The average molecular weight is 467 g/mol. The summed E-state index contributed by atoms with van der Waals surface area (Å²) in [6.45, 7) is 2.82. The van der Waals surface area contributed by atoms with Gasteiger partial charge in [0, 0.05) is 49.8 Å². The van der Waals surface area contributed by atoms with Gasteiger partial charge in [0.25, 0.3) is 15.9 Å². The van der Waals surface area contributed by atoms with E-state index in [0.717, 1.165) is 30.9 Å². The van der Waals surface area contributed by atoms with E-state index in [-0.39, 0.29) is 10.8 Å². The van der Waals surface area contributed by atoms with E-state index in [9.17, 15) is 13.2 Å². The van der Waals surface area contributed by atoms with Crippen LogP contribution < -0.4 is 14.4 Å². The number of hydrogen-bond acceptors (Lipinski definition) is 6. The smallest absolute Gasteiger partial charge is 0.261 e. The molecule has 0 spiro atoms. The van der Waals surface area contributed by atoms with Gasteiger partial charge in [-0.3, -0.25) is 14.5 Å². The lowest BCUT2D eigenvalue weighted by molar-refractivity contribution is 0.0767. The van der Waals surface area contributed by atoms with Crippen LogP contribution in [-0.2, 0) is 10.0 Å². The predicted molar refractivity (Wildman–Crippen MR) is 127 cm³/mol. The first-order valence-corrected chi connectivity index (χ1v) is 12.2. The Balaban J connectivity index is 1.40. The van der Waals surface area contributed by atoms with Crippen molar-refractivity contribution in [3.05, 3.63) is 78.6 Å². The van der Waals surface area contributed by atoms with Crippen LogP contribution in [0.5, 0.6) is 5.75 Å². The second-order valence-corrected chi connectivity index (χ2v) is 9.38. The van der Waals surface area contributed by atoms with Gasteiger partial charge in [0.1, 0.15) is 5.75 Å². The number of carbonyl (C=O) groups excluding carboxylic acids is 1. The minimum atomic E-state index is -3.75. The number of amides is 1. The van der Waals surface area contributed by atoms with E-state index in [0.29, 0.717) is 24.3 Å². The summed E-state index contributed by atoms with van der Waals surface area (Å²) in [5.74, 6) is 0.712. The molecule has 8 nitrogen and oxygen atoms in total. The van der Waals surface area contributed by atoms with Crippen LogP contribution in [0.2, 0.25) is 0 Å². The van der Waals surface area contributed by atoms with Gasteiger partial charge >= 0.3 is 0 Å². The van der Waals surface area contributed by atoms with Crippen molar-refractivity contribution in [3.63, 3.8) is 0 Å². The third-order valence-electron chi connectivity index (χ3n) is 5.56. The molecule has 0 radical (unpaired) electrons. The van der Waals surface area contributed by atoms with E-state index in [1.54, 1.807) is 31.4 Å². The highest BCUT2D eigenvalue weighted by atomic mass is 32.2. The Kier molecular flexibility index (Phi) is 6.79. The fourth-order valence-corrected chi connectivity index (χ4v) is 4.82. The molecule has 2 heterocycles. The molecular formula is C24H26N4O4S. The third-order valence-corrected chi connectivity index (χ3v) is 6.96. The predicted octanol–water partition coefficient (Wildman–Crippen LogP) is 3.24. The van der Waals surface area contributed by atoms with Crippen molar-refractivity contribution >= 4 is 27.3 Å². The van der Waals surface area contributed by atoms with Crippen LogP contribution in [-0.4, -0.2) is 57.5 Å². The molecular weight excluding hydrogens is 440 g/mol. The van der Waals surface area contributed by atoms with E-state index in [2.05, 4.69) is 14.6 Å². The SMILES string of the molecule is COc1ccc(N2CCCN(C(=O)c3ccc(S(=O)(=O)Nc4ccncc4)cc3)CC2)cc1. The average Bonchev–Trinajstić information content (AvgIpc) is 3.10. The van der Waals surface area contributed by atoms with Gasteiger partial charge in [-0.15, -0.1) is 0 Å². The number of aromatic nitrogens is 1. The van der Waals surface area contributed by atoms with Crippen LogP contribution in [0.1, 0.15) is 16.8 Å². The highest BCUT2D eigenvalue weighted by Crippen LogP contribution is 2.22. The van der Waals surface area contributed by atoms with Gasteiger partial charge in [0.2, 0.25) is 0 Å². The van der Waals surface area contributed by atoms with Crippen LogP contribution in [0.15, 0.2) is 78.0 Å². The molecule has 9 heteroatoms. The largest absolute Gasteiger partial charge is 0.497 e. The standard InChI is InChI=1S/C24H26N4O4S/c1-32-22-7-5-21(6-8-22)27-15-2-16-28(18-17-27)24(29)19-3-9-23(10-4-19)33(30,31)26-20-11-13-25-14-12-20/h3-14H,2,15-18H2,1H3,(H,25,26). The molecule has 1 aliphatic heterocycles. The second-order valence-electron chi connectivity index (χ2n) is 7.70. The minimum absolute atomic E-state index is 0.0948. The molecule has 3 aromatic rings. The van der Waals surface area contributed by atoms with Crippen molar-refractivity contribution in [2.45, 2.75) is 11.3 Å². The van der Waals surface area contributed by atoms with Crippen molar-refractivity contribution in [2.75, 3.05) is 42.9 Å². The summed E-state index contributed by atoms with van der Waals surface area (Å²) in [5, 5.41) is 0. The maximum Gasteiger partial charge on any atom is 0.261 e. The lowest BCUT2D eigenvalue weighted by atomic mass is 10.2. The Hall–Kier alpha value is -3.59. The molecule has 33 heavy (non-hydrogen) atoms. The number of methoxy groups -OCH3 is 1. The van der Waals surface area contributed by atoms with Crippen LogP contribution in [0.3, 0.4) is 0 Å². The Labute approximate surface area is 193 Å². The molecule has 1 saturated heterocycles. The zero-order valence-electron chi connectivity index (χ0n) is 18.3. The first-order valence-electron chi connectivity index (χ1n) is 10.7. The monoisotopic (exact) mass is 466 g/mol. The minimum Gasteiger partial charge on any atom is -0.497 e. The summed E-state index contributed by atoms with van der Waals surface area (Å²) < 4.78 is 32.9. The molecule has 0 bridgehead atoms. The van der Waals surface area contributed by atoms with E-state index >= 15 is 0 Å². The van der Waals surface area contributed by atoms with Crippen LogP contribution in [0, 0.1) is 0 Å². The number of rotatable bonds is 6. The van der Waals surface area contributed by atoms with E-state index in [1.807, 2.05) is 29.2 Å². The number of hydrogen-bond donors (Lipinski definition) is 1. The van der Waals surface area contributed by atoms with E-state index < -0.39 is 10.0 Å². The summed E-state index contributed by atoms with van der Waals surface area (Å²) in [5.41, 5.74) is 1.99. The van der Waals surface area contributed by atoms with E-state index in [1.165, 1.54) is 24.5 Å². The molecule has 1 aliphatic rings. The maximum atomic E-state index is 13.1. The number of nitrogens with one attached hydrogen (secondary N) is 1. The second kappa shape index (κ2) is 9.91.